The predicted molar refractivity (Wildman–Crippen MR) is 74.4 cm³/mol. The molecular formula is C14H15NO3S. The fourth-order valence-electron chi connectivity index (χ4n) is 1.85. The van der Waals surface area contributed by atoms with Crippen LogP contribution in [-0.4, -0.2) is 21.8 Å². The zero-order chi connectivity index (χ0) is 13.7. The number of carboxylic acid groups (broad SMARTS) is 1. The van der Waals surface area contributed by atoms with Gasteiger partial charge < -0.3 is 5.11 Å². The number of hydrogen-bond donors (Lipinski definition) is 1. The lowest BCUT2D eigenvalue weighted by molar-refractivity contribution is -0.137. The first kappa shape index (κ1) is 13.7. The van der Waals surface area contributed by atoms with Gasteiger partial charge in [0, 0.05) is 12.8 Å². The van der Waals surface area contributed by atoms with Crippen LogP contribution in [-0.2, 0) is 16.0 Å². The summed E-state index contributed by atoms with van der Waals surface area (Å²) in [4.78, 5) is 26.5. The van der Waals surface area contributed by atoms with Crippen molar-refractivity contribution in [1.82, 2.24) is 4.98 Å². The Morgan fingerprint density at radius 3 is 2.63 bits per heavy atom. The second-order valence-corrected chi connectivity index (χ2v) is 5.51. The minimum Gasteiger partial charge on any atom is -0.481 e. The van der Waals surface area contributed by atoms with Gasteiger partial charge in [-0.15, -0.1) is 11.3 Å². The van der Waals surface area contributed by atoms with E-state index < -0.39 is 5.97 Å². The summed E-state index contributed by atoms with van der Waals surface area (Å²) in [5, 5.41) is 9.34. The number of benzene rings is 1. The van der Waals surface area contributed by atoms with E-state index in [1.54, 1.807) is 11.3 Å². The number of fused-ring (bicyclic) bond motifs is 1. The van der Waals surface area contributed by atoms with E-state index in [1.165, 1.54) is 0 Å². The highest BCUT2D eigenvalue weighted by atomic mass is 32.1. The lowest BCUT2D eigenvalue weighted by atomic mass is 10.1. The van der Waals surface area contributed by atoms with E-state index >= 15 is 0 Å². The van der Waals surface area contributed by atoms with Crippen molar-refractivity contribution in [3.8, 4) is 0 Å². The first-order chi connectivity index (χ1) is 9.15. The van der Waals surface area contributed by atoms with Crippen molar-refractivity contribution >= 4 is 33.3 Å². The molecule has 5 heteroatoms. The molecule has 0 bridgehead atoms. The SMILES string of the molecule is O=C(O)CCCCC(=O)Cc1nc2ccccc2s1. The highest BCUT2D eigenvalue weighted by Gasteiger charge is 2.09. The van der Waals surface area contributed by atoms with E-state index in [4.69, 9.17) is 5.11 Å². The molecule has 0 fully saturated rings. The van der Waals surface area contributed by atoms with Gasteiger partial charge >= 0.3 is 5.97 Å². The van der Waals surface area contributed by atoms with Crippen LogP contribution < -0.4 is 0 Å². The number of Topliss-reactive ketones (excluding diaryl/α,β-unsaturated/α-hetero) is 1. The quantitative estimate of drug-likeness (QED) is 0.790. The van der Waals surface area contributed by atoms with Crippen LogP contribution in [0, 0.1) is 0 Å². The molecule has 0 spiro atoms. The van der Waals surface area contributed by atoms with Crippen LogP contribution in [0.5, 0.6) is 0 Å². The van der Waals surface area contributed by atoms with Crippen molar-refractivity contribution < 1.29 is 14.7 Å². The van der Waals surface area contributed by atoms with E-state index in [2.05, 4.69) is 4.98 Å². The number of nitrogens with zero attached hydrogens (tertiary/aromatic N) is 1. The van der Waals surface area contributed by atoms with E-state index in [0.29, 0.717) is 25.7 Å². The molecule has 2 rings (SSSR count). The molecule has 19 heavy (non-hydrogen) atoms. The summed E-state index contributed by atoms with van der Waals surface area (Å²) in [5.74, 6) is -0.678. The molecule has 0 saturated carbocycles. The van der Waals surface area contributed by atoms with Crippen LogP contribution in [0.25, 0.3) is 10.2 Å². The van der Waals surface area contributed by atoms with Crippen LogP contribution in [0.4, 0.5) is 0 Å². The van der Waals surface area contributed by atoms with Gasteiger partial charge in [-0.2, -0.15) is 0 Å². The van der Waals surface area contributed by atoms with Gasteiger partial charge in [-0.25, -0.2) is 4.98 Å². The summed E-state index contributed by atoms with van der Waals surface area (Å²) < 4.78 is 1.09. The Bertz CT molecular complexity index is 558. The fraction of sp³-hybridized carbons (Fsp3) is 0.357. The monoisotopic (exact) mass is 277 g/mol. The van der Waals surface area contributed by atoms with Crippen molar-refractivity contribution in [3.05, 3.63) is 29.3 Å². The smallest absolute Gasteiger partial charge is 0.303 e. The number of hydrogen-bond acceptors (Lipinski definition) is 4. The van der Waals surface area contributed by atoms with Gasteiger partial charge in [-0.05, 0) is 25.0 Å². The number of carbonyl (C=O) groups is 2. The lowest BCUT2D eigenvalue weighted by Gasteiger charge is -1.97. The summed E-state index contributed by atoms with van der Waals surface area (Å²) in [6.45, 7) is 0. The first-order valence-corrected chi connectivity index (χ1v) is 7.05. The van der Waals surface area contributed by atoms with Crippen LogP contribution in [0.3, 0.4) is 0 Å². The van der Waals surface area contributed by atoms with E-state index in [9.17, 15) is 9.59 Å². The van der Waals surface area contributed by atoms with Crippen molar-refractivity contribution in [3.63, 3.8) is 0 Å². The van der Waals surface area contributed by atoms with Gasteiger partial charge in [0.25, 0.3) is 0 Å². The number of carboxylic acids is 1. The zero-order valence-electron chi connectivity index (χ0n) is 10.5. The normalized spacial score (nSPS) is 10.7. The highest BCUT2D eigenvalue weighted by Crippen LogP contribution is 2.22. The Morgan fingerprint density at radius 1 is 1.16 bits per heavy atom. The summed E-state index contributed by atoms with van der Waals surface area (Å²) in [7, 11) is 0. The molecule has 1 aromatic heterocycles. The number of rotatable bonds is 7. The minimum atomic E-state index is -0.807. The molecule has 0 radical (unpaired) electrons. The number of para-hydroxylation sites is 1. The van der Waals surface area contributed by atoms with Gasteiger partial charge in [0.2, 0.25) is 0 Å². The molecule has 0 unspecified atom stereocenters. The third-order valence-electron chi connectivity index (χ3n) is 2.78. The van der Waals surface area contributed by atoms with Crippen molar-refractivity contribution in [2.24, 2.45) is 0 Å². The van der Waals surface area contributed by atoms with E-state index in [0.717, 1.165) is 15.2 Å². The van der Waals surface area contributed by atoms with E-state index in [-0.39, 0.29) is 12.2 Å². The molecular weight excluding hydrogens is 262 g/mol. The summed E-state index contributed by atoms with van der Waals surface area (Å²) in [5.41, 5.74) is 0.932. The van der Waals surface area contributed by atoms with Gasteiger partial charge in [0.15, 0.2) is 0 Å². The fourth-order valence-corrected chi connectivity index (χ4v) is 2.85. The molecule has 1 heterocycles. The van der Waals surface area contributed by atoms with Crippen LogP contribution >= 0.6 is 11.3 Å². The molecule has 1 aromatic carbocycles. The zero-order valence-corrected chi connectivity index (χ0v) is 11.3. The molecule has 0 amide bonds. The predicted octanol–water partition coefficient (Wildman–Crippen LogP) is 3.05. The maximum absolute atomic E-state index is 11.8. The number of carbonyl (C=O) groups excluding carboxylic acids is 1. The Labute approximate surface area is 115 Å². The maximum atomic E-state index is 11.8. The number of thiazole rings is 1. The van der Waals surface area contributed by atoms with E-state index in [1.807, 2.05) is 24.3 Å². The molecule has 2 aromatic rings. The average molecular weight is 277 g/mol. The molecule has 0 atom stereocenters. The van der Waals surface area contributed by atoms with Crippen molar-refractivity contribution in [2.75, 3.05) is 0 Å². The number of ketones is 1. The molecule has 1 N–H and O–H groups in total. The van der Waals surface area contributed by atoms with Crippen molar-refractivity contribution in [2.45, 2.75) is 32.1 Å². The topological polar surface area (TPSA) is 67.3 Å². The second-order valence-electron chi connectivity index (χ2n) is 4.39. The van der Waals surface area contributed by atoms with Crippen LogP contribution in [0.2, 0.25) is 0 Å². The number of aliphatic carboxylic acids is 1. The lowest BCUT2D eigenvalue weighted by Crippen LogP contribution is -2.03. The molecule has 100 valence electrons. The summed E-state index contributed by atoms with van der Waals surface area (Å²) >= 11 is 1.54. The van der Waals surface area contributed by atoms with Gasteiger partial charge in [-0.1, -0.05) is 12.1 Å². The third kappa shape index (κ3) is 4.13. The number of aromatic nitrogens is 1. The van der Waals surface area contributed by atoms with Gasteiger partial charge in [-0.3, -0.25) is 9.59 Å². The first-order valence-electron chi connectivity index (χ1n) is 6.23. The van der Waals surface area contributed by atoms with Crippen LogP contribution in [0.15, 0.2) is 24.3 Å². The number of unbranched alkanes of at least 4 members (excludes halogenated alkanes) is 1. The molecule has 4 nitrogen and oxygen atoms in total. The second kappa shape index (κ2) is 6.43. The maximum Gasteiger partial charge on any atom is 0.303 e. The van der Waals surface area contributed by atoms with Crippen LogP contribution in [0.1, 0.15) is 30.7 Å². The van der Waals surface area contributed by atoms with Crippen molar-refractivity contribution in [1.29, 1.82) is 0 Å². The largest absolute Gasteiger partial charge is 0.481 e. The van der Waals surface area contributed by atoms with Gasteiger partial charge in [0.05, 0.1) is 16.6 Å². The molecule has 0 aliphatic heterocycles. The average Bonchev–Trinajstić information content (AvgIpc) is 2.76. The summed E-state index contributed by atoms with van der Waals surface area (Å²) in [6, 6.07) is 7.82. The highest BCUT2D eigenvalue weighted by molar-refractivity contribution is 7.18. The Balaban J connectivity index is 1.83. The summed E-state index contributed by atoms with van der Waals surface area (Å²) in [6.07, 6.45) is 2.11. The standard InChI is InChI=1S/C14H15NO3S/c16-10(5-1-4-8-14(17)18)9-13-15-11-6-2-3-7-12(11)19-13/h2-3,6-7H,1,4-5,8-9H2,(H,17,18). The molecule has 0 saturated heterocycles. The Kier molecular flexibility index (Phi) is 4.63. The molecule has 0 aliphatic carbocycles. The Hall–Kier alpha value is -1.75. The van der Waals surface area contributed by atoms with Gasteiger partial charge in [0.1, 0.15) is 10.8 Å². The third-order valence-corrected chi connectivity index (χ3v) is 3.82. The molecule has 0 aliphatic rings. The minimum absolute atomic E-state index is 0.129. The Morgan fingerprint density at radius 2 is 1.89 bits per heavy atom.